The summed E-state index contributed by atoms with van der Waals surface area (Å²) in [6, 6.07) is 92.6. The number of hydrogen-bond donors (Lipinski definition) is 0. The van der Waals surface area contributed by atoms with Gasteiger partial charge in [-0.25, -0.2) is 0 Å². The van der Waals surface area contributed by atoms with Crippen molar-refractivity contribution in [3.8, 4) is 17.1 Å². The molecular weight excluding hydrogens is 791 g/mol. The zero-order valence-corrected chi connectivity index (χ0v) is 36.0. The standard InChI is InChI=1S/C60H41N3Si/c1-5-22-42(23-6-1)61-55-37-20-16-33-50(55)59-56(61)38-21-39-57(59)63-54-36-19-15-32-49(54)51-40-43(62-52-34-17-13-30-47(52)48-31-14-18-35-53(48)62)41-58(60(51)63)64(44-24-7-2-8-25-44,45-26-9-3-10-27-45)46-28-11-4-12-29-46/h1-41H. The number of para-hydroxylation sites is 5. The van der Waals surface area contributed by atoms with Crippen molar-refractivity contribution in [3.63, 3.8) is 0 Å². The van der Waals surface area contributed by atoms with Crippen molar-refractivity contribution in [2.75, 3.05) is 0 Å². The number of nitrogens with zero attached hydrogens (tertiary/aromatic N) is 3. The van der Waals surface area contributed by atoms with E-state index in [1.807, 2.05) is 0 Å². The zero-order valence-electron chi connectivity index (χ0n) is 35.0. The van der Waals surface area contributed by atoms with Gasteiger partial charge in [0.05, 0.1) is 38.8 Å². The van der Waals surface area contributed by atoms with Crippen LogP contribution in [0.5, 0.6) is 0 Å². The average molecular weight is 832 g/mol. The van der Waals surface area contributed by atoms with E-state index in [1.165, 1.54) is 86.2 Å². The van der Waals surface area contributed by atoms with Gasteiger partial charge in [-0.3, -0.25) is 0 Å². The van der Waals surface area contributed by atoms with E-state index in [1.54, 1.807) is 0 Å². The molecule has 0 bridgehead atoms. The van der Waals surface area contributed by atoms with Crippen molar-refractivity contribution >= 4 is 94.2 Å². The number of aromatic nitrogens is 3. The van der Waals surface area contributed by atoms with E-state index in [2.05, 4.69) is 262 Å². The molecule has 0 saturated heterocycles. The van der Waals surface area contributed by atoms with Crippen LogP contribution in [-0.2, 0) is 0 Å². The van der Waals surface area contributed by atoms with Gasteiger partial charge >= 0.3 is 0 Å². The number of benzene rings is 10. The van der Waals surface area contributed by atoms with Crippen LogP contribution in [0.15, 0.2) is 249 Å². The largest absolute Gasteiger partial charge is 0.309 e. The van der Waals surface area contributed by atoms with Crippen LogP contribution in [0.25, 0.3) is 82.5 Å². The summed E-state index contributed by atoms with van der Waals surface area (Å²) in [5.41, 5.74) is 10.6. The van der Waals surface area contributed by atoms with Gasteiger partial charge in [0.25, 0.3) is 0 Å². The van der Waals surface area contributed by atoms with Gasteiger partial charge in [0.15, 0.2) is 8.07 Å². The Bertz CT molecular complexity index is 3730. The molecule has 0 spiro atoms. The predicted octanol–water partition coefficient (Wildman–Crippen LogP) is 12.4. The van der Waals surface area contributed by atoms with E-state index in [4.69, 9.17) is 0 Å². The molecule has 0 amide bonds. The molecule has 10 aromatic carbocycles. The van der Waals surface area contributed by atoms with Crippen LogP contribution >= 0.6 is 0 Å². The van der Waals surface area contributed by atoms with Crippen molar-refractivity contribution in [2.24, 2.45) is 0 Å². The minimum Gasteiger partial charge on any atom is -0.309 e. The Balaban J connectivity index is 1.28. The van der Waals surface area contributed by atoms with Crippen molar-refractivity contribution in [1.29, 1.82) is 0 Å². The minimum absolute atomic E-state index is 1.15. The van der Waals surface area contributed by atoms with E-state index in [0.29, 0.717) is 0 Å². The van der Waals surface area contributed by atoms with Crippen molar-refractivity contribution in [2.45, 2.75) is 0 Å². The summed E-state index contributed by atoms with van der Waals surface area (Å²) < 4.78 is 7.56. The molecule has 3 nitrogen and oxygen atoms in total. The predicted molar refractivity (Wildman–Crippen MR) is 273 cm³/mol. The highest BCUT2D eigenvalue weighted by molar-refractivity contribution is 7.20. The van der Waals surface area contributed by atoms with Crippen molar-refractivity contribution in [3.05, 3.63) is 249 Å². The van der Waals surface area contributed by atoms with Gasteiger partial charge in [0, 0.05) is 43.7 Å². The molecule has 0 N–H and O–H groups in total. The number of hydrogen-bond acceptors (Lipinski definition) is 0. The first-order chi connectivity index (χ1) is 31.8. The molecule has 64 heavy (non-hydrogen) atoms. The Labute approximate surface area is 372 Å². The minimum atomic E-state index is -3.18. The second-order valence-corrected chi connectivity index (χ2v) is 20.6. The van der Waals surface area contributed by atoms with E-state index in [0.717, 1.165) is 17.1 Å². The molecule has 0 radical (unpaired) electrons. The van der Waals surface area contributed by atoms with Gasteiger partial charge in [-0.15, -0.1) is 0 Å². The molecule has 13 aromatic rings. The molecule has 3 heterocycles. The normalized spacial score (nSPS) is 12.1. The second-order valence-electron chi connectivity index (χ2n) is 16.8. The molecule has 300 valence electrons. The van der Waals surface area contributed by atoms with Crippen LogP contribution in [0.1, 0.15) is 0 Å². The van der Waals surface area contributed by atoms with Gasteiger partial charge in [-0.1, -0.05) is 188 Å². The fourth-order valence-corrected chi connectivity index (χ4v) is 16.0. The lowest BCUT2D eigenvalue weighted by molar-refractivity contribution is 1.17. The third-order valence-corrected chi connectivity index (χ3v) is 18.3. The van der Waals surface area contributed by atoms with Crippen LogP contribution in [0.2, 0.25) is 0 Å². The first-order valence-corrected chi connectivity index (χ1v) is 24.1. The van der Waals surface area contributed by atoms with Gasteiger partial charge in [-0.2, -0.15) is 0 Å². The van der Waals surface area contributed by atoms with Crippen LogP contribution in [0.4, 0.5) is 0 Å². The molecule has 3 aromatic heterocycles. The molecular formula is C60H41N3Si. The summed E-state index contributed by atoms with van der Waals surface area (Å²) >= 11 is 0. The monoisotopic (exact) mass is 831 g/mol. The Morgan fingerprint density at radius 3 is 1.19 bits per heavy atom. The molecule has 0 aliphatic rings. The van der Waals surface area contributed by atoms with Gasteiger partial charge in [0.1, 0.15) is 0 Å². The first kappa shape index (κ1) is 36.5. The van der Waals surface area contributed by atoms with E-state index >= 15 is 0 Å². The second kappa shape index (κ2) is 14.5. The average Bonchev–Trinajstić information content (AvgIpc) is 4.02. The van der Waals surface area contributed by atoms with Crippen LogP contribution < -0.4 is 20.7 Å². The topological polar surface area (TPSA) is 14.8 Å². The quantitative estimate of drug-likeness (QED) is 0.112. The highest BCUT2D eigenvalue weighted by Crippen LogP contribution is 2.41. The maximum absolute atomic E-state index is 3.18. The Kier molecular flexibility index (Phi) is 8.23. The Morgan fingerprint density at radius 1 is 0.266 bits per heavy atom. The molecule has 0 atom stereocenters. The Morgan fingerprint density at radius 2 is 0.656 bits per heavy atom. The van der Waals surface area contributed by atoms with E-state index in [-0.39, 0.29) is 0 Å². The zero-order chi connectivity index (χ0) is 42.2. The van der Waals surface area contributed by atoms with Gasteiger partial charge < -0.3 is 13.7 Å². The fraction of sp³-hybridized carbons (Fsp3) is 0. The van der Waals surface area contributed by atoms with Crippen molar-refractivity contribution in [1.82, 2.24) is 13.7 Å². The molecule has 0 fully saturated rings. The lowest BCUT2D eigenvalue weighted by Crippen LogP contribution is -2.75. The number of rotatable bonds is 7. The highest BCUT2D eigenvalue weighted by Gasteiger charge is 2.44. The molecule has 0 aliphatic carbocycles. The molecule has 0 saturated carbocycles. The van der Waals surface area contributed by atoms with Crippen molar-refractivity contribution < 1.29 is 0 Å². The first-order valence-electron chi connectivity index (χ1n) is 22.1. The van der Waals surface area contributed by atoms with Crippen LogP contribution in [0, 0.1) is 0 Å². The summed E-state index contributed by atoms with van der Waals surface area (Å²) in [4.78, 5) is 0. The lowest BCUT2D eigenvalue weighted by atomic mass is 10.1. The van der Waals surface area contributed by atoms with Gasteiger partial charge in [0.2, 0.25) is 0 Å². The summed E-state index contributed by atoms with van der Waals surface area (Å²) in [5.74, 6) is 0. The number of fused-ring (bicyclic) bond motifs is 9. The molecule has 0 aliphatic heterocycles. The van der Waals surface area contributed by atoms with Gasteiger partial charge in [-0.05, 0) is 81.4 Å². The summed E-state index contributed by atoms with van der Waals surface area (Å²) in [7, 11) is -3.18. The van der Waals surface area contributed by atoms with E-state index in [9.17, 15) is 0 Å². The summed E-state index contributed by atoms with van der Waals surface area (Å²) in [5, 5.41) is 12.8. The lowest BCUT2D eigenvalue weighted by Gasteiger charge is -2.35. The molecule has 13 rings (SSSR count). The van der Waals surface area contributed by atoms with Crippen LogP contribution in [-0.4, -0.2) is 21.8 Å². The third-order valence-electron chi connectivity index (χ3n) is 13.5. The van der Waals surface area contributed by atoms with E-state index < -0.39 is 8.07 Å². The third kappa shape index (κ3) is 5.21. The molecule has 4 heteroatoms. The summed E-state index contributed by atoms with van der Waals surface area (Å²) in [6.07, 6.45) is 0. The van der Waals surface area contributed by atoms with Crippen LogP contribution in [0.3, 0.4) is 0 Å². The molecule has 0 unspecified atom stereocenters. The SMILES string of the molecule is c1ccc(-n2c3ccccc3c3c(-n4c5ccccc5c5cc(-n6c7ccccc7c7ccccc76)cc([Si](c6ccccc6)(c6ccccc6)c6ccccc6)c54)cccc32)cc1. The summed E-state index contributed by atoms with van der Waals surface area (Å²) in [6.45, 7) is 0. The fourth-order valence-electron chi connectivity index (χ4n) is 11.0. The highest BCUT2D eigenvalue weighted by atomic mass is 28.3. The Hall–Kier alpha value is -8.18. The maximum atomic E-state index is 2.62. The maximum Gasteiger partial charge on any atom is 0.181 e. The smallest absolute Gasteiger partial charge is 0.181 e.